The maximum Gasteiger partial charge on any atom is 0.258 e. The molecule has 3 N–H and O–H groups in total. The van der Waals surface area contributed by atoms with Crippen LogP contribution in [0.15, 0.2) is 20.5 Å². The van der Waals surface area contributed by atoms with Gasteiger partial charge in [0.25, 0.3) is 5.56 Å². The Morgan fingerprint density at radius 2 is 2.29 bits per heavy atom. The zero-order valence-corrected chi connectivity index (χ0v) is 9.63. The minimum absolute atomic E-state index is 0.146. The summed E-state index contributed by atoms with van der Waals surface area (Å²) in [7, 11) is 0. The number of nitrogens with zero attached hydrogens (tertiary/aromatic N) is 1. The molecule has 0 amide bonds. The van der Waals surface area contributed by atoms with Gasteiger partial charge in [-0.05, 0) is 29.8 Å². The molecule has 1 rings (SSSR count). The van der Waals surface area contributed by atoms with E-state index in [0.717, 1.165) is 0 Å². The number of anilines is 1. The molecule has 4 nitrogen and oxygen atoms in total. The van der Waals surface area contributed by atoms with Crippen LogP contribution >= 0.6 is 15.9 Å². The molecule has 0 atom stereocenters. The maximum atomic E-state index is 11.4. The van der Waals surface area contributed by atoms with E-state index in [1.54, 1.807) is 0 Å². The molecule has 76 valence electrons. The predicted octanol–water partition coefficient (Wildman–Crippen LogP) is 1.55. The Labute approximate surface area is 90.4 Å². The molecule has 0 spiro atoms. The van der Waals surface area contributed by atoms with Crippen molar-refractivity contribution in [1.29, 1.82) is 0 Å². The van der Waals surface area contributed by atoms with E-state index in [9.17, 15) is 4.79 Å². The first kappa shape index (κ1) is 11.0. The Bertz CT molecular complexity index is 409. The Hall–Kier alpha value is -1.10. The van der Waals surface area contributed by atoms with E-state index >= 15 is 0 Å². The predicted molar refractivity (Wildman–Crippen MR) is 61.9 cm³/mol. The molecule has 14 heavy (non-hydrogen) atoms. The lowest BCUT2D eigenvalue weighted by Crippen LogP contribution is -2.15. The van der Waals surface area contributed by atoms with Crippen molar-refractivity contribution >= 4 is 27.8 Å². The molecular weight excluding hydrogens is 246 g/mol. The van der Waals surface area contributed by atoms with E-state index in [0.29, 0.717) is 15.7 Å². The molecule has 1 aromatic heterocycles. The van der Waals surface area contributed by atoms with Crippen molar-refractivity contribution in [2.75, 3.05) is 5.73 Å². The smallest absolute Gasteiger partial charge is 0.258 e. The molecule has 1 heterocycles. The zero-order valence-electron chi connectivity index (χ0n) is 8.04. The molecule has 0 aliphatic rings. The number of hydrogen-bond acceptors (Lipinski definition) is 3. The van der Waals surface area contributed by atoms with Crippen LogP contribution in [0.2, 0.25) is 0 Å². The van der Waals surface area contributed by atoms with Gasteiger partial charge in [0.1, 0.15) is 0 Å². The van der Waals surface area contributed by atoms with Gasteiger partial charge in [0, 0.05) is 18.5 Å². The fourth-order valence-corrected chi connectivity index (χ4v) is 1.22. The number of nitrogens with one attached hydrogen (secondary N) is 1. The molecule has 0 aliphatic heterocycles. The van der Waals surface area contributed by atoms with Crippen molar-refractivity contribution in [3.8, 4) is 0 Å². The first-order chi connectivity index (χ1) is 6.52. The number of rotatable bonds is 2. The average Bonchev–Trinajstić information content (AvgIpc) is 2.11. The number of hydrogen-bond donors (Lipinski definition) is 2. The van der Waals surface area contributed by atoms with Crippen LogP contribution in [-0.4, -0.2) is 17.2 Å². The first-order valence-corrected chi connectivity index (χ1v) is 5.01. The van der Waals surface area contributed by atoms with Crippen LogP contribution in [0, 0.1) is 0 Å². The largest absolute Gasteiger partial charge is 0.397 e. The summed E-state index contributed by atoms with van der Waals surface area (Å²) in [4.78, 5) is 18.0. The molecular formula is C9H12BrN3O. The monoisotopic (exact) mass is 257 g/mol. The average molecular weight is 258 g/mol. The topological polar surface area (TPSA) is 71.2 Å². The Morgan fingerprint density at radius 1 is 1.64 bits per heavy atom. The molecule has 5 heteroatoms. The number of nitrogens with two attached hydrogens (primary N) is 1. The van der Waals surface area contributed by atoms with Gasteiger partial charge >= 0.3 is 0 Å². The minimum Gasteiger partial charge on any atom is -0.397 e. The second-order valence-corrected chi connectivity index (χ2v) is 4.02. The van der Waals surface area contributed by atoms with Gasteiger partial charge in [0.2, 0.25) is 0 Å². The number of nitrogen functional groups attached to an aromatic ring is 1. The van der Waals surface area contributed by atoms with Crippen LogP contribution < -0.4 is 11.3 Å². The van der Waals surface area contributed by atoms with Crippen LogP contribution in [-0.2, 0) is 0 Å². The van der Waals surface area contributed by atoms with Crippen LogP contribution in [0.5, 0.6) is 0 Å². The molecule has 0 aliphatic carbocycles. The summed E-state index contributed by atoms with van der Waals surface area (Å²) >= 11 is 3.23. The van der Waals surface area contributed by atoms with Crippen LogP contribution in [0.25, 0.3) is 0 Å². The number of aromatic amines is 1. The summed E-state index contributed by atoms with van der Waals surface area (Å²) in [6.07, 6.45) is 3.02. The number of H-pyrrole nitrogens is 1. The highest BCUT2D eigenvalue weighted by Gasteiger charge is 2.05. The highest BCUT2D eigenvalue weighted by molar-refractivity contribution is 9.10. The third-order valence-electron chi connectivity index (χ3n) is 1.62. The molecule has 0 aromatic carbocycles. The van der Waals surface area contributed by atoms with Crippen molar-refractivity contribution in [3.05, 3.63) is 26.6 Å². The Balaban J connectivity index is 3.20. The third kappa shape index (κ3) is 2.45. The highest BCUT2D eigenvalue weighted by atomic mass is 79.9. The molecule has 0 unspecified atom stereocenters. The van der Waals surface area contributed by atoms with Gasteiger partial charge in [-0.15, -0.1) is 0 Å². The lowest BCUT2D eigenvalue weighted by Gasteiger charge is -2.01. The van der Waals surface area contributed by atoms with Crippen molar-refractivity contribution < 1.29 is 0 Å². The molecule has 0 bridgehead atoms. The fraction of sp³-hybridized carbons (Fsp3) is 0.333. The van der Waals surface area contributed by atoms with Crippen LogP contribution in [0.4, 0.5) is 5.69 Å². The molecule has 0 radical (unpaired) electrons. The molecule has 0 fully saturated rings. The lowest BCUT2D eigenvalue weighted by molar-refractivity contribution is 0.841. The van der Waals surface area contributed by atoms with Gasteiger partial charge in [-0.2, -0.15) is 0 Å². The van der Waals surface area contributed by atoms with Gasteiger partial charge in [-0.3, -0.25) is 9.79 Å². The van der Waals surface area contributed by atoms with Crippen molar-refractivity contribution in [2.45, 2.75) is 19.9 Å². The second kappa shape index (κ2) is 4.41. The van der Waals surface area contributed by atoms with Crippen molar-refractivity contribution in [1.82, 2.24) is 4.98 Å². The summed E-state index contributed by atoms with van der Waals surface area (Å²) < 4.78 is 0.669. The lowest BCUT2D eigenvalue weighted by atomic mass is 10.2. The van der Waals surface area contributed by atoms with Gasteiger partial charge < -0.3 is 10.7 Å². The number of aromatic nitrogens is 1. The van der Waals surface area contributed by atoms with Crippen molar-refractivity contribution in [3.63, 3.8) is 0 Å². The minimum atomic E-state index is -0.227. The quantitative estimate of drug-likeness (QED) is 0.790. The maximum absolute atomic E-state index is 11.4. The van der Waals surface area contributed by atoms with Gasteiger partial charge in [0.15, 0.2) is 0 Å². The van der Waals surface area contributed by atoms with Crippen LogP contribution in [0.1, 0.15) is 19.4 Å². The zero-order chi connectivity index (χ0) is 10.7. The number of halogens is 1. The van der Waals surface area contributed by atoms with E-state index in [4.69, 9.17) is 5.73 Å². The molecule has 1 aromatic rings. The summed E-state index contributed by atoms with van der Waals surface area (Å²) in [6.45, 7) is 3.86. The summed E-state index contributed by atoms with van der Waals surface area (Å²) in [5.74, 6) is 0. The summed E-state index contributed by atoms with van der Waals surface area (Å²) in [6, 6.07) is 0.146. The van der Waals surface area contributed by atoms with Gasteiger partial charge in [-0.25, -0.2) is 0 Å². The Morgan fingerprint density at radius 3 is 2.86 bits per heavy atom. The van der Waals surface area contributed by atoms with Crippen LogP contribution in [0.3, 0.4) is 0 Å². The highest BCUT2D eigenvalue weighted by Crippen LogP contribution is 2.17. The fourth-order valence-electron chi connectivity index (χ4n) is 0.887. The van der Waals surface area contributed by atoms with E-state index in [2.05, 4.69) is 25.9 Å². The van der Waals surface area contributed by atoms with E-state index < -0.39 is 0 Å². The van der Waals surface area contributed by atoms with E-state index in [1.807, 2.05) is 13.8 Å². The standard InChI is InChI=1S/C9H12BrN3O/c1-5(2)12-3-6-8(11)7(10)4-13-9(6)14/h3-5H,1-2H3,(H3,11,13,14). The number of aliphatic imine (C=N–C) groups is 1. The SMILES string of the molecule is CC(C)N=Cc1c(N)c(Br)c[nH]c1=O. The summed E-state index contributed by atoms with van der Waals surface area (Å²) in [5, 5.41) is 0. The summed E-state index contributed by atoms with van der Waals surface area (Å²) in [5.41, 5.74) is 6.30. The first-order valence-electron chi connectivity index (χ1n) is 4.22. The van der Waals surface area contributed by atoms with E-state index in [-0.39, 0.29) is 11.6 Å². The molecule has 0 saturated carbocycles. The Kier molecular flexibility index (Phi) is 3.46. The van der Waals surface area contributed by atoms with Gasteiger partial charge in [-0.1, -0.05) is 0 Å². The normalized spacial score (nSPS) is 11.4. The van der Waals surface area contributed by atoms with E-state index in [1.165, 1.54) is 12.4 Å². The third-order valence-corrected chi connectivity index (χ3v) is 2.28. The molecule has 0 saturated heterocycles. The van der Waals surface area contributed by atoms with Crippen molar-refractivity contribution in [2.24, 2.45) is 4.99 Å². The second-order valence-electron chi connectivity index (χ2n) is 3.17. The van der Waals surface area contributed by atoms with Gasteiger partial charge in [0.05, 0.1) is 15.7 Å². The number of pyridine rings is 1.